The minimum atomic E-state index is -0.0905. The Morgan fingerprint density at radius 3 is 2.34 bits per heavy atom. The van der Waals surface area contributed by atoms with Crippen molar-refractivity contribution in [2.75, 3.05) is 25.1 Å². The molecule has 2 heterocycles. The van der Waals surface area contributed by atoms with E-state index < -0.39 is 0 Å². The van der Waals surface area contributed by atoms with Crippen molar-refractivity contribution in [1.29, 1.82) is 0 Å². The van der Waals surface area contributed by atoms with E-state index in [-0.39, 0.29) is 17.7 Å². The molecule has 2 amide bonds. The van der Waals surface area contributed by atoms with Gasteiger partial charge in [0.1, 0.15) is 5.75 Å². The Balaban J connectivity index is 1.64. The van der Waals surface area contributed by atoms with E-state index in [9.17, 15) is 9.59 Å². The second kappa shape index (κ2) is 12.8. The molecular formula is C31H40N4O3. The number of amides is 2. The molecule has 38 heavy (non-hydrogen) atoms. The zero-order valence-corrected chi connectivity index (χ0v) is 23.2. The predicted molar refractivity (Wildman–Crippen MR) is 151 cm³/mol. The first-order valence-corrected chi connectivity index (χ1v) is 13.7. The van der Waals surface area contributed by atoms with Gasteiger partial charge in [0.15, 0.2) is 5.69 Å². The van der Waals surface area contributed by atoms with Crippen LogP contribution in [0.2, 0.25) is 0 Å². The van der Waals surface area contributed by atoms with E-state index in [1.165, 1.54) is 0 Å². The Labute approximate surface area is 226 Å². The number of hydrogen-bond donors (Lipinski definition) is 0. The average molecular weight is 517 g/mol. The van der Waals surface area contributed by atoms with Crippen LogP contribution in [0, 0.1) is 5.92 Å². The minimum absolute atomic E-state index is 0.0905. The van der Waals surface area contributed by atoms with Crippen molar-refractivity contribution in [3.05, 3.63) is 65.9 Å². The van der Waals surface area contributed by atoms with Crippen molar-refractivity contribution in [3.63, 3.8) is 0 Å². The molecule has 0 aliphatic carbocycles. The number of nitrogens with zero attached hydrogens (tertiary/aromatic N) is 4. The van der Waals surface area contributed by atoms with Gasteiger partial charge in [-0.05, 0) is 60.7 Å². The van der Waals surface area contributed by atoms with Gasteiger partial charge in [0.2, 0.25) is 5.91 Å². The van der Waals surface area contributed by atoms with Crippen molar-refractivity contribution in [2.45, 2.75) is 58.9 Å². The highest BCUT2D eigenvalue weighted by Crippen LogP contribution is 2.27. The van der Waals surface area contributed by atoms with Crippen LogP contribution >= 0.6 is 0 Å². The molecule has 7 nitrogen and oxygen atoms in total. The van der Waals surface area contributed by atoms with E-state index in [0.29, 0.717) is 31.7 Å². The number of aromatic nitrogens is 2. The molecule has 0 atom stereocenters. The molecule has 0 fully saturated rings. The summed E-state index contributed by atoms with van der Waals surface area (Å²) in [4.78, 5) is 30.9. The highest BCUT2D eigenvalue weighted by molar-refractivity contribution is 5.95. The maximum Gasteiger partial charge on any atom is 0.274 e. The standard InChI is InChI=1S/C31H40N4O3/c1-23(2)20-30(36)35-19-11-7-5-6-10-18-34(22-25-12-8-9-13-28(25)35)31(37)27-21-29(33(3)32-27)24-14-16-26(38-4)17-15-24/h8-9,12-17,21,23H,5-7,10-11,18-20,22H2,1-4H3. The normalized spacial score (nSPS) is 15.0. The fraction of sp³-hybridized carbons (Fsp3) is 0.452. The van der Waals surface area contributed by atoms with Crippen molar-refractivity contribution in [2.24, 2.45) is 13.0 Å². The van der Waals surface area contributed by atoms with Gasteiger partial charge in [-0.25, -0.2) is 0 Å². The summed E-state index contributed by atoms with van der Waals surface area (Å²) in [6.45, 7) is 5.96. The Kier molecular flexibility index (Phi) is 9.21. The SMILES string of the molecule is COc1ccc(-c2cc(C(=O)N3CCCCCCCN(C(=O)CC(C)C)c4ccccc4C3)nn2C)cc1. The molecule has 3 aromatic rings. The Bertz CT molecular complexity index is 1230. The van der Waals surface area contributed by atoms with Gasteiger partial charge in [-0.2, -0.15) is 5.10 Å². The molecule has 4 rings (SSSR count). The van der Waals surface area contributed by atoms with Gasteiger partial charge in [-0.3, -0.25) is 14.3 Å². The number of carbonyl (C=O) groups excluding carboxylic acids is 2. The van der Waals surface area contributed by atoms with Crippen molar-refractivity contribution >= 4 is 17.5 Å². The minimum Gasteiger partial charge on any atom is -0.497 e. The topological polar surface area (TPSA) is 67.7 Å². The number of ether oxygens (including phenoxy) is 1. The highest BCUT2D eigenvalue weighted by atomic mass is 16.5. The van der Waals surface area contributed by atoms with E-state index >= 15 is 0 Å². The summed E-state index contributed by atoms with van der Waals surface area (Å²) in [6, 6.07) is 17.6. The maximum atomic E-state index is 13.8. The molecule has 7 heteroatoms. The van der Waals surface area contributed by atoms with E-state index in [2.05, 4.69) is 18.9 Å². The first kappa shape index (κ1) is 27.4. The molecule has 0 spiro atoms. The number of rotatable bonds is 5. The van der Waals surface area contributed by atoms with Crippen LogP contribution in [0.25, 0.3) is 11.3 Å². The van der Waals surface area contributed by atoms with Crippen LogP contribution in [0.3, 0.4) is 0 Å². The van der Waals surface area contributed by atoms with Crippen LogP contribution in [0.1, 0.15) is 68.4 Å². The number of aryl methyl sites for hydroxylation is 1. The first-order valence-electron chi connectivity index (χ1n) is 13.7. The lowest BCUT2D eigenvalue weighted by atomic mass is 10.0. The van der Waals surface area contributed by atoms with Crippen LogP contribution < -0.4 is 9.64 Å². The third-order valence-corrected chi connectivity index (χ3v) is 7.11. The van der Waals surface area contributed by atoms with Crippen molar-refractivity contribution in [3.8, 4) is 17.0 Å². The van der Waals surface area contributed by atoms with Gasteiger partial charge in [0, 0.05) is 44.4 Å². The molecule has 0 saturated heterocycles. The third-order valence-electron chi connectivity index (χ3n) is 7.11. The summed E-state index contributed by atoms with van der Waals surface area (Å²) in [6.07, 6.45) is 5.68. The summed E-state index contributed by atoms with van der Waals surface area (Å²) in [5.41, 5.74) is 4.17. The largest absolute Gasteiger partial charge is 0.497 e. The summed E-state index contributed by atoms with van der Waals surface area (Å²) in [5, 5.41) is 4.60. The number of benzene rings is 2. The van der Waals surface area contributed by atoms with Crippen LogP contribution in [0.5, 0.6) is 5.75 Å². The summed E-state index contributed by atoms with van der Waals surface area (Å²) in [5.74, 6) is 1.13. The Morgan fingerprint density at radius 1 is 0.947 bits per heavy atom. The Morgan fingerprint density at radius 2 is 1.63 bits per heavy atom. The lowest BCUT2D eigenvalue weighted by molar-refractivity contribution is -0.119. The van der Waals surface area contributed by atoms with Crippen LogP contribution in [-0.2, 0) is 18.4 Å². The number of para-hydroxylation sites is 1. The number of anilines is 1. The van der Waals surface area contributed by atoms with E-state index in [0.717, 1.165) is 60.4 Å². The van der Waals surface area contributed by atoms with Crippen molar-refractivity contribution in [1.82, 2.24) is 14.7 Å². The van der Waals surface area contributed by atoms with Gasteiger partial charge in [0.25, 0.3) is 5.91 Å². The van der Waals surface area contributed by atoms with E-state index in [1.54, 1.807) is 11.8 Å². The molecule has 1 aromatic heterocycles. The van der Waals surface area contributed by atoms with E-state index in [1.807, 2.05) is 71.4 Å². The third kappa shape index (κ3) is 6.63. The number of fused-ring (bicyclic) bond motifs is 1. The monoisotopic (exact) mass is 516 g/mol. The molecule has 1 aliphatic heterocycles. The maximum absolute atomic E-state index is 13.8. The number of hydrogen-bond acceptors (Lipinski definition) is 4. The summed E-state index contributed by atoms with van der Waals surface area (Å²) >= 11 is 0. The predicted octanol–water partition coefficient (Wildman–Crippen LogP) is 6.08. The van der Waals surface area contributed by atoms with Gasteiger partial charge >= 0.3 is 0 Å². The highest BCUT2D eigenvalue weighted by Gasteiger charge is 2.25. The fourth-order valence-corrected chi connectivity index (χ4v) is 5.07. The first-order chi connectivity index (χ1) is 18.4. The zero-order valence-electron chi connectivity index (χ0n) is 23.2. The lowest BCUT2D eigenvalue weighted by Gasteiger charge is -2.29. The van der Waals surface area contributed by atoms with Crippen LogP contribution in [0.15, 0.2) is 54.6 Å². The van der Waals surface area contributed by atoms with Gasteiger partial charge < -0.3 is 14.5 Å². The molecule has 0 unspecified atom stereocenters. The van der Waals surface area contributed by atoms with E-state index in [4.69, 9.17) is 4.74 Å². The smallest absolute Gasteiger partial charge is 0.274 e. The molecule has 0 N–H and O–H groups in total. The zero-order chi connectivity index (χ0) is 27.1. The second-order valence-corrected chi connectivity index (χ2v) is 10.5. The van der Waals surface area contributed by atoms with Gasteiger partial charge in [-0.15, -0.1) is 0 Å². The second-order valence-electron chi connectivity index (χ2n) is 10.5. The summed E-state index contributed by atoms with van der Waals surface area (Å²) < 4.78 is 7.03. The van der Waals surface area contributed by atoms with Crippen LogP contribution in [-0.4, -0.2) is 46.7 Å². The average Bonchev–Trinajstić information content (AvgIpc) is 3.29. The van der Waals surface area contributed by atoms with Crippen molar-refractivity contribution < 1.29 is 14.3 Å². The Hall–Kier alpha value is -3.61. The molecule has 0 saturated carbocycles. The summed E-state index contributed by atoms with van der Waals surface area (Å²) in [7, 11) is 3.50. The molecular weight excluding hydrogens is 476 g/mol. The quantitative estimate of drug-likeness (QED) is 0.412. The molecule has 2 aromatic carbocycles. The molecule has 1 aliphatic rings. The molecule has 202 valence electrons. The molecule has 0 radical (unpaired) electrons. The lowest BCUT2D eigenvalue weighted by Crippen LogP contribution is -2.36. The molecule has 0 bridgehead atoms. The van der Waals surface area contributed by atoms with Gasteiger partial charge in [-0.1, -0.05) is 51.3 Å². The number of methoxy groups -OCH3 is 1. The fourth-order valence-electron chi connectivity index (χ4n) is 5.07. The number of carbonyl (C=O) groups is 2. The van der Waals surface area contributed by atoms with Gasteiger partial charge in [0.05, 0.1) is 12.8 Å². The van der Waals surface area contributed by atoms with Crippen LogP contribution in [0.4, 0.5) is 5.69 Å².